The maximum Gasteiger partial charge on any atom is 0.407 e. The molecule has 78 valence electrons. The van der Waals surface area contributed by atoms with E-state index in [-0.39, 0.29) is 10.7 Å². The van der Waals surface area contributed by atoms with Gasteiger partial charge in [-0.2, -0.15) is 13.2 Å². The highest BCUT2D eigenvalue weighted by Crippen LogP contribution is 2.32. The van der Waals surface area contributed by atoms with Crippen LogP contribution in [0.2, 0.25) is 5.15 Å². The third-order valence-electron chi connectivity index (χ3n) is 1.59. The normalized spacial score (nSPS) is 14.1. The average Bonchev–Trinajstić information content (AvgIpc) is 2.01. The second-order valence-corrected chi connectivity index (χ2v) is 2.99. The van der Waals surface area contributed by atoms with Crippen molar-refractivity contribution in [2.75, 3.05) is 0 Å². The van der Waals surface area contributed by atoms with Crippen molar-refractivity contribution < 1.29 is 13.2 Å². The minimum absolute atomic E-state index is 0.348. The molecule has 1 rings (SSSR count). The fraction of sp³-hybridized carbons (Fsp3) is 0.286. The zero-order valence-corrected chi connectivity index (χ0v) is 7.49. The van der Waals surface area contributed by atoms with Crippen LogP contribution in [0.15, 0.2) is 16.9 Å². The molecule has 7 heteroatoms. The molecule has 1 heterocycles. The van der Waals surface area contributed by atoms with Crippen LogP contribution in [-0.4, -0.2) is 11.2 Å². The molecule has 0 radical (unpaired) electrons. The Kier molecular flexibility index (Phi) is 2.86. The van der Waals surface area contributed by atoms with Crippen molar-refractivity contribution in [3.05, 3.63) is 33.2 Å². The SMILES string of the molecule is N[C@H](c1ccc(=O)[nH]c1Cl)C(F)(F)F. The van der Waals surface area contributed by atoms with E-state index in [2.05, 4.69) is 0 Å². The van der Waals surface area contributed by atoms with Gasteiger partial charge in [-0.1, -0.05) is 11.6 Å². The van der Waals surface area contributed by atoms with Gasteiger partial charge in [0.05, 0.1) is 0 Å². The van der Waals surface area contributed by atoms with E-state index < -0.39 is 17.8 Å². The maximum atomic E-state index is 12.1. The Bertz CT molecular complexity index is 387. The van der Waals surface area contributed by atoms with Crippen LogP contribution in [0.3, 0.4) is 0 Å². The number of nitrogens with one attached hydrogen (secondary N) is 1. The summed E-state index contributed by atoms with van der Waals surface area (Å²) in [6.45, 7) is 0. The molecule has 0 saturated heterocycles. The third-order valence-corrected chi connectivity index (χ3v) is 1.90. The van der Waals surface area contributed by atoms with Gasteiger partial charge in [0.15, 0.2) is 0 Å². The molecule has 1 aromatic rings. The van der Waals surface area contributed by atoms with Crippen LogP contribution in [0.5, 0.6) is 0 Å². The van der Waals surface area contributed by atoms with Crippen molar-refractivity contribution in [3.8, 4) is 0 Å². The van der Waals surface area contributed by atoms with Crippen LogP contribution in [0.25, 0.3) is 0 Å². The largest absolute Gasteiger partial charge is 0.407 e. The van der Waals surface area contributed by atoms with Gasteiger partial charge in [-0.15, -0.1) is 0 Å². The van der Waals surface area contributed by atoms with Crippen molar-refractivity contribution in [3.63, 3.8) is 0 Å². The lowest BCUT2D eigenvalue weighted by atomic mass is 10.1. The van der Waals surface area contributed by atoms with E-state index in [4.69, 9.17) is 17.3 Å². The highest BCUT2D eigenvalue weighted by molar-refractivity contribution is 6.30. The van der Waals surface area contributed by atoms with E-state index >= 15 is 0 Å². The number of alkyl halides is 3. The fourth-order valence-electron chi connectivity index (χ4n) is 0.877. The molecule has 1 aromatic heterocycles. The van der Waals surface area contributed by atoms with Crippen LogP contribution >= 0.6 is 11.6 Å². The number of nitrogens with two attached hydrogens (primary N) is 1. The summed E-state index contributed by atoms with van der Waals surface area (Å²) in [5, 5.41) is -0.387. The minimum Gasteiger partial charge on any atom is -0.316 e. The number of halogens is 4. The lowest BCUT2D eigenvalue weighted by Gasteiger charge is -2.16. The standard InChI is InChI=1S/C7H6ClF3N2O/c8-6-3(1-2-4(14)13-6)5(12)7(9,10)11/h1-2,5H,12H2,(H,13,14)/t5-/m1/s1. The zero-order valence-electron chi connectivity index (χ0n) is 6.73. The molecule has 0 fully saturated rings. The molecule has 0 spiro atoms. The Morgan fingerprint density at radius 2 is 2.00 bits per heavy atom. The van der Waals surface area contributed by atoms with E-state index in [9.17, 15) is 18.0 Å². The highest BCUT2D eigenvalue weighted by atomic mass is 35.5. The second-order valence-electron chi connectivity index (χ2n) is 2.61. The number of pyridine rings is 1. The topological polar surface area (TPSA) is 58.9 Å². The van der Waals surface area contributed by atoms with Gasteiger partial charge in [0.25, 0.3) is 0 Å². The summed E-state index contributed by atoms with van der Waals surface area (Å²) < 4.78 is 36.4. The molecule has 14 heavy (non-hydrogen) atoms. The van der Waals surface area contributed by atoms with Crippen LogP contribution in [0, 0.1) is 0 Å². The van der Waals surface area contributed by atoms with Crippen LogP contribution < -0.4 is 11.3 Å². The van der Waals surface area contributed by atoms with Gasteiger partial charge in [-0.25, -0.2) is 0 Å². The summed E-state index contributed by atoms with van der Waals surface area (Å²) in [7, 11) is 0. The fourth-order valence-corrected chi connectivity index (χ4v) is 1.15. The first kappa shape index (κ1) is 11.1. The van der Waals surface area contributed by atoms with E-state index in [0.29, 0.717) is 0 Å². The number of hydrogen-bond acceptors (Lipinski definition) is 2. The summed E-state index contributed by atoms with van der Waals surface area (Å²) in [6.07, 6.45) is -4.58. The lowest BCUT2D eigenvalue weighted by molar-refractivity contribution is -0.149. The van der Waals surface area contributed by atoms with Gasteiger partial charge < -0.3 is 10.7 Å². The maximum absolute atomic E-state index is 12.1. The molecule has 0 bridgehead atoms. The second kappa shape index (κ2) is 3.62. The van der Waals surface area contributed by atoms with E-state index in [0.717, 1.165) is 12.1 Å². The molecular formula is C7H6ClF3N2O. The molecule has 1 atom stereocenters. The zero-order chi connectivity index (χ0) is 10.9. The van der Waals surface area contributed by atoms with Crippen molar-refractivity contribution in [1.82, 2.24) is 4.98 Å². The Labute approximate surface area is 81.7 Å². The minimum atomic E-state index is -4.58. The van der Waals surface area contributed by atoms with Gasteiger partial charge in [0, 0.05) is 11.6 Å². The molecule has 0 amide bonds. The quantitative estimate of drug-likeness (QED) is 0.715. The molecular weight excluding hydrogens is 221 g/mol. The van der Waals surface area contributed by atoms with E-state index in [1.807, 2.05) is 4.98 Å². The van der Waals surface area contributed by atoms with Gasteiger partial charge in [-0.3, -0.25) is 4.79 Å². The number of hydrogen-bond donors (Lipinski definition) is 2. The molecule has 0 aliphatic carbocycles. The van der Waals surface area contributed by atoms with Crippen LogP contribution in [0.1, 0.15) is 11.6 Å². The van der Waals surface area contributed by atoms with Crippen molar-refractivity contribution in [1.29, 1.82) is 0 Å². The van der Waals surface area contributed by atoms with Crippen molar-refractivity contribution in [2.45, 2.75) is 12.2 Å². The van der Waals surface area contributed by atoms with Crippen molar-refractivity contribution >= 4 is 11.6 Å². The van der Waals surface area contributed by atoms with Gasteiger partial charge >= 0.3 is 6.18 Å². The molecule has 3 N–H and O–H groups in total. The molecule has 0 aliphatic heterocycles. The molecule has 0 saturated carbocycles. The Morgan fingerprint density at radius 3 is 2.43 bits per heavy atom. The van der Waals surface area contributed by atoms with Gasteiger partial charge in [0.1, 0.15) is 11.2 Å². The average molecular weight is 227 g/mol. The summed E-state index contributed by atoms with van der Waals surface area (Å²) in [5.74, 6) is 0. The Morgan fingerprint density at radius 1 is 1.43 bits per heavy atom. The molecule has 0 aromatic carbocycles. The van der Waals surface area contributed by atoms with E-state index in [1.165, 1.54) is 0 Å². The predicted molar refractivity (Wildman–Crippen MR) is 45.1 cm³/mol. The van der Waals surface area contributed by atoms with E-state index in [1.54, 1.807) is 0 Å². The Balaban J connectivity index is 3.14. The monoisotopic (exact) mass is 226 g/mol. The number of aromatic amines is 1. The first-order valence-electron chi connectivity index (χ1n) is 3.53. The summed E-state index contributed by atoms with van der Waals surface area (Å²) in [6, 6.07) is -0.293. The summed E-state index contributed by atoms with van der Waals surface area (Å²) in [4.78, 5) is 12.7. The van der Waals surface area contributed by atoms with Gasteiger partial charge in [-0.05, 0) is 6.07 Å². The predicted octanol–water partition coefficient (Wildman–Crippen LogP) is 1.59. The molecule has 0 aliphatic rings. The first-order valence-corrected chi connectivity index (χ1v) is 3.91. The lowest BCUT2D eigenvalue weighted by Crippen LogP contribution is -2.29. The third kappa shape index (κ3) is 2.27. The number of H-pyrrole nitrogens is 1. The smallest absolute Gasteiger partial charge is 0.316 e. The molecule has 0 unspecified atom stereocenters. The first-order chi connectivity index (χ1) is 6.32. The van der Waals surface area contributed by atoms with Crippen molar-refractivity contribution in [2.24, 2.45) is 5.73 Å². The highest BCUT2D eigenvalue weighted by Gasteiger charge is 2.39. The van der Waals surface area contributed by atoms with Crippen LogP contribution in [0.4, 0.5) is 13.2 Å². The molecule has 3 nitrogen and oxygen atoms in total. The summed E-state index contributed by atoms with van der Waals surface area (Å²) >= 11 is 5.39. The summed E-state index contributed by atoms with van der Waals surface area (Å²) in [5.41, 5.74) is 3.97. The van der Waals surface area contributed by atoms with Crippen LogP contribution in [-0.2, 0) is 0 Å². The van der Waals surface area contributed by atoms with Gasteiger partial charge in [0.2, 0.25) is 5.56 Å². The number of rotatable bonds is 1. The number of aromatic nitrogens is 1. The Hall–Kier alpha value is -1.01.